The largest absolute Gasteiger partial charge is 0.366 e. The van der Waals surface area contributed by atoms with Crippen LogP contribution >= 0.6 is 11.6 Å². The molecule has 0 aliphatic rings. The maximum Gasteiger partial charge on any atom is 0.276 e. The summed E-state index contributed by atoms with van der Waals surface area (Å²) in [5, 5.41) is 7.28. The summed E-state index contributed by atoms with van der Waals surface area (Å²) >= 11 is 5.95. The third-order valence-electron chi connectivity index (χ3n) is 3.77. The van der Waals surface area contributed by atoms with Crippen LogP contribution in [0.15, 0.2) is 48.7 Å². The summed E-state index contributed by atoms with van der Waals surface area (Å²) in [5.41, 5.74) is 6.30. The zero-order chi connectivity index (χ0) is 18.8. The van der Waals surface area contributed by atoms with E-state index < -0.39 is 17.6 Å². The van der Waals surface area contributed by atoms with E-state index in [0.29, 0.717) is 10.7 Å². The van der Waals surface area contributed by atoms with Crippen LogP contribution < -0.4 is 11.1 Å². The molecule has 1 aromatic heterocycles. The van der Waals surface area contributed by atoms with Crippen molar-refractivity contribution in [3.05, 3.63) is 76.3 Å². The van der Waals surface area contributed by atoms with E-state index in [9.17, 15) is 14.0 Å². The van der Waals surface area contributed by atoms with Gasteiger partial charge in [0.2, 0.25) is 5.91 Å². The molecule has 0 aliphatic heterocycles. The van der Waals surface area contributed by atoms with E-state index in [4.69, 9.17) is 17.3 Å². The van der Waals surface area contributed by atoms with Gasteiger partial charge in [0.1, 0.15) is 5.82 Å². The Hall–Kier alpha value is -3.19. The summed E-state index contributed by atoms with van der Waals surface area (Å²) in [4.78, 5) is 23.7. The molecule has 0 fully saturated rings. The normalized spacial score (nSPS) is 10.6. The average molecular weight is 373 g/mol. The predicted octanol–water partition coefficient (Wildman–Crippen LogP) is 3.32. The highest BCUT2D eigenvalue weighted by Crippen LogP contribution is 2.21. The SMILES string of the molecule is Cc1c(F)cc(C(N)=O)cc1NC(=O)c1ccn(-c2cccc(Cl)c2)n1. The first-order valence-electron chi connectivity index (χ1n) is 7.58. The molecular formula is C18H14ClFN4O2. The van der Waals surface area contributed by atoms with Gasteiger partial charge >= 0.3 is 0 Å². The van der Waals surface area contributed by atoms with Crippen LogP contribution in [0, 0.1) is 12.7 Å². The van der Waals surface area contributed by atoms with Gasteiger partial charge in [-0.15, -0.1) is 0 Å². The van der Waals surface area contributed by atoms with Crippen molar-refractivity contribution in [1.82, 2.24) is 9.78 Å². The number of nitrogens with two attached hydrogens (primary N) is 1. The third-order valence-corrected chi connectivity index (χ3v) is 4.01. The molecule has 2 amide bonds. The van der Waals surface area contributed by atoms with Crippen molar-refractivity contribution in [2.75, 3.05) is 5.32 Å². The molecule has 1 heterocycles. The molecule has 3 aromatic rings. The second-order valence-corrected chi connectivity index (χ2v) is 6.01. The Morgan fingerprint density at radius 1 is 1.23 bits per heavy atom. The summed E-state index contributed by atoms with van der Waals surface area (Å²) in [6, 6.07) is 10.8. The number of benzene rings is 2. The monoisotopic (exact) mass is 372 g/mol. The van der Waals surface area contributed by atoms with Gasteiger partial charge in [0.25, 0.3) is 5.91 Å². The summed E-state index contributed by atoms with van der Waals surface area (Å²) in [5.74, 6) is -1.97. The van der Waals surface area contributed by atoms with Crippen LogP contribution in [-0.4, -0.2) is 21.6 Å². The van der Waals surface area contributed by atoms with Crippen LogP contribution in [-0.2, 0) is 0 Å². The molecule has 0 radical (unpaired) electrons. The Kier molecular flexibility index (Phi) is 4.73. The lowest BCUT2D eigenvalue weighted by molar-refractivity contribution is 0.0995. The minimum atomic E-state index is -0.787. The highest BCUT2D eigenvalue weighted by molar-refractivity contribution is 6.30. The summed E-state index contributed by atoms with van der Waals surface area (Å²) in [7, 11) is 0. The molecule has 26 heavy (non-hydrogen) atoms. The molecule has 3 rings (SSSR count). The van der Waals surface area contributed by atoms with Gasteiger partial charge < -0.3 is 11.1 Å². The maximum atomic E-state index is 13.9. The molecule has 2 aromatic carbocycles. The number of carbonyl (C=O) groups is 2. The number of amides is 2. The highest BCUT2D eigenvalue weighted by atomic mass is 35.5. The maximum absolute atomic E-state index is 13.9. The molecule has 0 aliphatic carbocycles. The van der Waals surface area contributed by atoms with E-state index in [1.807, 2.05) is 0 Å². The van der Waals surface area contributed by atoms with Gasteiger partial charge in [-0.1, -0.05) is 17.7 Å². The number of rotatable bonds is 4. The van der Waals surface area contributed by atoms with Crippen LogP contribution in [0.5, 0.6) is 0 Å². The molecule has 0 saturated carbocycles. The summed E-state index contributed by atoms with van der Waals surface area (Å²) in [6.07, 6.45) is 1.61. The lowest BCUT2D eigenvalue weighted by atomic mass is 10.1. The first-order chi connectivity index (χ1) is 12.3. The average Bonchev–Trinajstić information content (AvgIpc) is 3.09. The second-order valence-electron chi connectivity index (χ2n) is 5.57. The number of nitrogens with zero attached hydrogens (tertiary/aromatic N) is 2. The van der Waals surface area contributed by atoms with E-state index in [2.05, 4.69) is 10.4 Å². The topological polar surface area (TPSA) is 90.0 Å². The number of halogens is 2. The Labute approximate surface area is 153 Å². The van der Waals surface area contributed by atoms with Crippen molar-refractivity contribution in [2.45, 2.75) is 6.92 Å². The minimum absolute atomic E-state index is 0.0344. The van der Waals surface area contributed by atoms with E-state index >= 15 is 0 Å². The third kappa shape index (κ3) is 3.57. The smallest absolute Gasteiger partial charge is 0.276 e. The number of hydrogen-bond donors (Lipinski definition) is 2. The number of hydrogen-bond acceptors (Lipinski definition) is 3. The van der Waals surface area contributed by atoms with Crippen LogP contribution in [0.25, 0.3) is 5.69 Å². The van der Waals surface area contributed by atoms with Gasteiger partial charge in [0.15, 0.2) is 5.69 Å². The van der Waals surface area contributed by atoms with Crippen LogP contribution in [0.1, 0.15) is 26.4 Å². The van der Waals surface area contributed by atoms with Gasteiger partial charge in [-0.05, 0) is 43.3 Å². The molecule has 132 valence electrons. The standard InChI is InChI=1S/C18H14ClFN4O2/c1-10-14(20)7-11(17(21)25)8-16(10)22-18(26)15-5-6-24(23-15)13-4-2-3-12(19)9-13/h2-9H,1H3,(H2,21,25)(H,22,26). The quantitative estimate of drug-likeness (QED) is 0.736. The van der Waals surface area contributed by atoms with Crippen LogP contribution in [0.3, 0.4) is 0 Å². The van der Waals surface area contributed by atoms with Gasteiger partial charge in [-0.25, -0.2) is 9.07 Å². The van der Waals surface area contributed by atoms with E-state index in [0.717, 1.165) is 6.07 Å². The van der Waals surface area contributed by atoms with Crippen molar-refractivity contribution >= 4 is 29.1 Å². The summed E-state index contributed by atoms with van der Waals surface area (Å²) in [6.45, 7) is 1.49. The van der Waals surface area contributed by atoms with Crippen molar-refractivity contribution in [3.8, 4) is 5.69 Å². The Bertz CT molecular complexity index is 1020. The van der Waals surface area contributed by atoms with Crippen LogP contribution in [0.4, 0.5) is 10.1 Å². The predicted molar refractivity (Wildman–Crippen MR) is 96.2 cm³/mol. The highest BCUT2D eigenvalue weighted by Gasteiger charge is 2.15. The van der Waals surface area contributed by atoms with Gasteiger partial charge in [-0.3, -0.25) is 9.59 Å². The molecule has 0 bridgehead atoms. The number of primary amides is 1. The number of anilines is 1. The molecule has 8 heteroatoms. The molecule has 0 atom stereocenters. The van der Waals surface area contributed by atoms with E-state index in [-0.39, 0.29) is 22.5 Å². The van der Waals surface area contributed by atoms with Crippen molar-refractivity contribution < 1.29 is 14.0 Å². The first-order valence-corrected chi connectivity index (χ1v) is 7.96. The number of carbonyl (C=O) groups excluding carboxylic acids is 2. The van der Waals surface area contributed by atoms with Gasteiger partial charge in [0.05, 0.1) is 5.69 Å². The Morgan fingerprint density at radius 3 is 2.69 bits per heavy atom. The molecule has 3 N–H and O–H groups in total. The first kappa shape index (κ1) is 17.6. The van der Waals surface area contributed by atoms with Crippen molar-refractivity contribution in [2.24, 2.45) is 5.73 Å². The fraction of sp³-hybridized carbons (Fsp3) is 0.0556. The van der Waals surface area contributed by atoms with E-state index in [1.165, 1.54) is 23.7 Å². The summed E-state index contributed by atoms with van der Waals surface area (Å²) < 4.78 is 15.4. The molecule has 6 nitrogen and oxygen atoms in total. The lowest BCUT2D eigenvalue weighted by Gasteiger charge is -2.10. The second kappa shape index (κ2) is 6.97. The lowest BCUT2D eigenvalue weighted by Crippen LogP contribution is -2.17. The molecule has 0 unspecified atom stereocenters. The number of nitrogens with one attached hydrogen (secondary N) is 1. The van der Waals surface area contributed by atoms with Gasteiger partial charge in [-0.2, -0.15) is 5.10 Å². The van der Waals surface area contributed by atoms with Crippen molar-refractivity contribution in [1.29, 1.82) is 0 Å². The van der Waals surface area contributed by atoms with Gasteiger partial charge in [0, 0.05) is 28.0 Å². The zero-order valence-electron chi connectivity index (χ0n) is 13.7. The minimum Gasteiger partial charge on any atom is -0.366 e. The van der Waals surface area contributed by atoms with E-state index in [1.54, 1.807) is 30.5 Å². The molecule has 0 spiro atoms. The van der Waals surface area contributed by atoms with Crippen LogP contribution in [0.2, 0.25) is 5.02 Å². The fourth-order valence-corrected chi connectivity index (χ4v) is 2.53. The Morgan fingerprint density at radius 2 is 2.00 bits per heavy atom. The van der Waals surface area contributed by atoms with Crippen molar-refractivity contribution in [3.63, 3.8) is 0 Å². The molecular weight excluding hydrogens is 359 g/mol. The zero-order valence-corrected chi connectivity index (χ0v) is 14.4. The Balaban J connectivity index is 1.87. The number of aromatic nitrogens is 2. The fourth-order valence-electron chi connectivity index (χ4n) is 2.34. The molecule has 0 saturated heterocycles.